The first-order valence-electron chi connectivity index (χ1n) is 6.60. The number of aliphatic hydroxyl groups is 1. The Morgan fingerprint density at radius 2 is 1.90 bits per heavy atom. The summed E-state index contributed by atoms with van der Waals surface area (Å²) in [6, 6.07) is 9.41. The van der Waals surface area contributed by atoms with E-state index in [9.17, 15) is 14.3 Å². The number of nitrogens with one attached hydrogen (secondary N) is 1. The highest BCUT2D eigenvalue weighted by molar-refractivity contribution is 6.30. The molecule has 0 fully saturated rings. The van der Waals surface area contributed by atoms with Crippen molar-refractivity contribution < 1.29 is 14.3 Å². The molecule has 0 radical (unpaired) electrons. The minimum atomic E-state index is -1.00. The lowest BCUT2D eigenvalue weighted by atomic mass is 9.94. The molecule has 1 atom stereocenters. The van der Waals surface area contributed by atoms with Crippen LogP contribution in [0.15, 0.2) is 36.4 Å². The molecule has 2 aromatic rings. The smallest absolute Gasteiger partial charge is 0.251 e. The average molecular weight is 306 g/mol. The summed E-state index contributed by atoms with van der Waals surface area (Å²) in [4.78, 5) is 11.8. The molecule has 5 heteroatoms. The van der Waals surface area contributed by atoms with Gasteiger partial charge in [-0.2, -0.15) is 0 Å². The van der Waals surface area contributed by atoms with E-state index in [0.717, 1.165) is 12.0 Å². The number of fused-ring (bicyclic) bond motifs is 1. The lowest BCUT2D eigenvalue weighted by Gasteiger charge is -2.19. The SMILES string of the molecule is O=C1NCCc2ccc(C(O)c3ccc(Cl)c(F)c3)cc21. The molecule has 2 aromatic carbocycles. The second-order valence-corrected chi connectivity index (χ2v) is 5.41. The van der Waals surface area contributed by atoms with Crippen LogP contribution >= 0.6 is 11.6 Å². The highest BCUT2D eigenvalue weighted by atomic mass is 35.5. The zero-order valence-corrected chi connectivity index (χ0v) is 11.8. The summed E-state index contributed by atoms with van der Waals surface area (Å²) in [5.41, 5.74) is 2.46. The van der Waals surface area contributed by atoms with Crippen molar-refractivity contribution in [3.63, 3.8) is 0 Å². The Bertz CT molecular complexity index is 717. The van der Waals surface area contributed by atoms with Crippen LogP contribution in [0.3, 0.4) is 0 Å². The van der Waals surface area contributed by atoms with Gasteiger partial charge in [-0.15, -0.1) is 0 Å². The topological polar surface area (TPSA) is 49.3 Å². The number of benzene rings is 2. The van der Waals surface area contributed by atoms with Crippen molar-refractivity contribution in [2.24, 2.45) is 0 Å². The maximum Gasteiger partial charge on any atom is 0.251 e. The second-order valence-electron chi connectivity index (χ2n) is 5.00. The van der Waals surface area contributed by atoms with Crippen molar-refractivity contribution in [2.75, 3.05) is 6.54 Å². The third kappa shape index (κ3) is 2.64. The number of rotatable bonds is 2. The molecule has 0 saturated carbocycles. The largest absolute Gasteiger partial charge is 0.384 e. The molecule has 3 nitrogen and oxygen atoms in total. The molecule has 1 aliphatic heterocycles. The first-order valence-corrected chi connectivity index (χ1v) is 6.98. The van der Waals surface area contributed by atoms with Gasteiger partial charge in [0.05, 0.1) is 5.02 Å². The molecule has 1 heterocycles. The summed E-state index contributed by atoms with van der Waals surface area (Å²) in [5, 5.41) is 13.1. The standard InChI is InChI=1S/C16H13ClFNO2/c17-13-4-3-11(8-14(13)18)15(20)10-2-1-9-5-6-19-16(21)12(9)7-10/h1-4,7-8,15,20H,5-6H2,(H,19,21). The van der Waals surface area contributed by atoms with Crippen LogP contribution in [0.4, 0.5) is 4.39 Å². The molecule has 0 spiro atoms. The lowest BCUT2D eigenvalue weighted by molar-refractivity contribution is 0.0945. The maximum absolute atomic E-state index is 13.5. The van der Waals surface area contributed by atoms with Crippen molar-refractivity contribution in [2.45, 2.75) is 12.5 Å². The molecular formula is C16H13ClFNO2. The fourth-order valence-corrected chi connectivity index (χ4v) is 2.59. The summed E-state index contributed by atoms with van der Waals surface area (Å²) >= 11 is 5.64. The van der Waals surface area contributed by atoms with Crippen LogP contribution in [-0.2, 0) is 6.42 Å². The summed E-state index contributed by atoms with van der Waals surface area (Å²) in [5.74, 6) is -0.725. The van der Waals surface area contributed by atoms with Crippen molar-refractivity contribution in [3.05, 3.63) is 69.5 Å². The zero-order chi connectivity index (χ0) is 15.0. The van der Waals surface area contributed by atoms with E-state index in [1.54, 1.807) is 18.2 Å². The summed E-state index contributed by atoms with van der Waals surface area (Å²) in [6.07, 6.45) is -0.232. The number of hydrogen-bond acceptors (Lipinski definition) is 2. The van der Waals surface area contributed by atoms with Crippen molar-refractivity contribution in [3.8, 4) is 0 Å². The number of amides is 1. The Balaban J connectivity index is 1.98. The van der Waals surface area contributed by atoms with E-state index in [1.807, 2.05) is 6.07 Å². The number of halogens is 2. The molecule has 21 heavy (non-hydrogen) atoms. The molecule has 0 aliphatic carbocycles. The first-order chi connectivity index (χ1) is 10.1. The van der Waals surface area contributed by atoms with E-state index in [1.165, 1.54) is 12.1 Å². The van der Waals surface area contributed by atoms with Gasteiger partial charge in [0.15, 0.2) is 0 Å². The highest BCUT2D eigenvalue weighted by Gasteiger charge is 2.20. The number of carbonyl (C=O) groups is 1. The van der Waals surface area contributed by atoms with E-state index in [0.29, 0.717) is 23.2 Å². The molecular weight excluding hydrogens is 293 g/mol. The third-order valence-corrected chi connectivity index (χ3v) is 3.94. The van der Waals surface area contributed by atoms with Crippen LogP contribution in [0.5, 0.6) is 0 Å². The third-order valence-electron chi connectivity index (χ3n) is 3.63. The van der Waals surface area contributed by atoms with E-state index < -0.39 is 11.9 Å². The predicted molar refractivity (Wildman–Crippen MR) is 78.0 cm³/mol. The Hall–Kier alpha value is -1.91. The van der Waals surface area contributed by atoms with Gasteiger partial charge in [-0.3, -0.25) is 4.79 Å². The molecule has 1 unspecified atom stereocenters. The van der Waals surface area contributed by atoms with E-state index >= 15 is 0 Å². The summed E-state index contributed by atoms with van der Waals surface area (Å²) in [6.45, 7) is 0.621. The normalized spacial score (nSPS) is 15.3. The molecule has 1 aliphatic rings. The fourth-order valence-electron chi connectivity index (χ4n) is 2.47. The molecule has 0 bridgehead atoms. The minimum absolute atomic E-state index is 0.00997. The van der Waals surface area contributed by atoms with Crippen LogP contribution in [0.1, 0.15) is 33.2 Å². The molecule has 2 N–H and O–H groups in total. The van der Waals surface area contributed by atoms with Crippen LogP contribution in [0.25, 0.3) is 0 Å². The molecule has 0 saturated heterocycles. The Morgan fingerprint density at radius 1 is 1.19 bits per heavy atom. The maximum atomic E-state index is 13.5. The Morgan fingerprint density at radius 3 is 2.67 bits per heavy atom. The van der Waals surface area contributed by atoms with Gasteiger partial charge in [-0.1, -0.05) is 29.8 Å². The molecule has 1 amide bonds. The average Bonchev–Trinajstić information content (AvgIpc) is 2.49. The van der Waals surface area contributed by atoms with Crippen molar-refractivity contribution in [1.82, 2.24) is 5.32 Å². The second kappa shape index (κ2) is 5.47. The van der Waals surface area contributed by atoms with Gasteiger partial charge in [0.25, 0.3) is 5.91 Å². The monoisotopic (exact) mass is 305 g/mol. The summed E-state index contributed by atoms with van der Waals surface area (Å²) in [7, 11) is 0. The Kier molecular flexibility index (Phi) is 3.66. The van der Waals surface area contributed by atoms with Gasteiger partial charge in [0, 0.05) is 12.1 Å². The van der Waals surface area contributed by atoms with Crippen LogP contribution in [0.2, 0.25) is 5.02 Å². The Labute approximate surface area is 126 Å². The number of hydrogen-bond donors (Lipinski definition) is 2. The highest BCUT2D eigenvalue weighted by Crippen LogP contribution is 2.27. The van der Waals surface area contributed by atoms with Crippen LogP contribution < -0.4 is 5.32 Å². The van der Waals surface area contributed by atoms with Gasteiger partial charge in [0.2, 0.25) is 0 Å². The van der Waals surface area contributed by atoms with Crippen molar-refractivity contribution >= 4 is 17.5 Å². The van der Waals surface area contributed by atoms with E-state index in [2.05, 4.69) is 5.32 Å². The lowest BCUT2D eigenvalue weighted by Crippen LogP contribution is -2.31. The van der Waals surface area contributed by atoms with Gasteiger partial charge in [-0.05, 0) is 41.3 Å². The van der Waals surface area contributed by atoms with Gasteiger partial charge in [0.1, 0.15) is 11.9 Å². The van der Waals surface area contributed by atoms with Crippen LogP contribution in [-0.4, -0.2) is 17.6 Å². The molecule has 0 aromatic heterocycles. The quantitative estimate of drug-likeness (QED) is 0.896. The van der Waals surface area contributed by atoms with Gasteiger partial charge in [-0.25, -0.2) is 4.39 Å². The molecule has 3 rings (SSSR count). The zero-order valence-electron chi connectivity index (χ0n) is 11.1. The number of carbonyl (C=O) groups excluding carboxylic acids is 1. The van der Waals surface area contributed by atoms with E-state index in [-0.39, 0.29) is 10.9 Å². The number of aliphatic hydroxyl groups excluding tert-OH is 1. The van der Waals surface area contributed by atoms with Crippen LogP contribution in [0, 0.1) is 5.82 Å². The van der Waals surface area contributed by atoms with Gasteiger partial charge < -0.3 is 10.4 Å². The van der Waals surface area contributed by atoms with E-state index in [4.69, 9.17) is 11.6 Å². The van der Waals surface area contributed by atoms with Gasteiger partial charge >= 0.3 is 0 Å². The molecule has 108 valence electrons. The summed E-state index contributed by atoms with van der Waals surface area (Å²) < 4.78 is 13.5. The minimum Gasteiger partial charge on any atom is -0.384 e. The first kappa shape index (κ1) is 14.0. The fraction of sp³-hybridized carbons (Fsp3) is 0.188. The predicted octanol–water partition coefficient (Wildman–Crippen LogP) is 2.85. The van der Waals surface area contributed by atoms with Crippen molar-refractivity contribution in [1.29, 1.82) is 0 Å².